The second-order valence-electron chi connectivity index (χ2n) is 5.91. The third kappa shape index (κ3) is 3.33. The Morgan fingerprint density at radius 3 is 2.71 bits per heavy atom. The van der Waals surface area contributed by atoms with Crippen LogP contribution in [0.1, 0.15) is 20.9 Å². The molecule has 0 aliphatic heterocycles. The van der Waals surface area contributed by atoms with Gasteiger partial charge >= 0.3 is 6.18 Å². The Kier molecular flexibility index (Phi) is 4.34. The molecule has 0 aliphatic rings. The first-order valence-electron chi connectivity index (χ1n) is 8.07. The van der Waals surface area contributed by atoms with E-state index in [1.165, 1.54) is 52.5 Å². The number of thiazole rings is 1. The number of benzene rings is 1. The second-order valence-corrected chi connectivity index (χ2v) is 7.14. The molecule has 0 unspecified atom stereocenters. The molecule has 0 spiro atoms. The number of nitrogens with zero attached hydrogens (tertiary/aromatic N) is 4. The summed E-state index contributed by atoms with van der Waals surface area (Å²) in [6, 6.07) is 5.16. The van der Waals surface area contributed by atoms with Gasteiger partial charge in [-0.15, -0.1) is 11.3 Å². The van der Waals surface area contributed by atoms with Gasteiger partial charge in [0.2, 0.25) is 0 Å². The third-order valence-electron chi connectivity index (χ3n) is 3.94. The smallest absolute Gasteiger partial charge is 0.303 e. The molecular weight excluding hydrogens is 391 g/mol. The number of aryl methyl sites for hydroxylation is 1. The molecule has 0 fully saturated rings. The number of rotatable bonds is 3. The minimum atomic E-state index is -4.52. The third-order valence-corrected chi connectivity index (χ3v) is 4.77. The van der Waals surface area contributed by atoms with Gasteiger partial charge in [-0.05, 0) is 13.0 Å². The quantitative estimate of drug-likeness (QED) is 0.549. The Balaban J connectivity index is 1.77. The number of hydrogen-bond acceptors (Lipinski definition) is 5. The predicted molar refractivity (Wildman–Crippen MR) is 98.2 cm³/mol. The zero-order valence-corrected chi connectivity index (χ0v) is 15.2. The van der Waals surface area contributed by atoms with Crippen molar-refractivity contribution >= 4 is 28.0 Å². The monoisotopic (exact) mass is 403 g/mol. The van der Waals surface area contributed by atoms with Gasteiger partial charge in [-0.25, -0.2) is 15.0 Å². The van der Waals surface area contributed by atoms with Crippen molar-refractivity contribution in [3.63, 3.8) is 0 Å². The van der Waals surface area contributed by atoms with E-state index in [2.05, 4.69) is 20.3 Å². The SMILES string of the molecule is Cc1cnc(NC(=O)c2nccn3cc(-c4ccccc4C(F)(F)F)nc23)s1. The van der Waals surface area contributed by atoms with Crippen molar-refractivity contribution in [2.45, 2.75) is 13.1 Å². The van der Waals surface area contributed by atoms with Gasteiger partial charge in [0, 0.05) is 35.2 Å². The molecule has 0 bridgehead atoms. The van der Waals surface area contributed by atoms with Crippen molar-refractivity contribution < 1.29 is 18.0 Å². The molecule has 4 aromatic rings. The lowest BCUT2D eigenvalue weighted by Crippen LogP contribution is -2.15. The fourth-order valence-corrected chi connectivity index (χ4v) is 3.39. The number of halogens is 3. The predicted octanol–water partition coefficient (Wildman–Crippen LogP) is 4.43. The first kappa shape index (κ1) is 18.1. The highest BCUT2D eigenvalue weighted by atomic mass is 32.1. The summed E-state index contributed by atoms with van der Waals surface area (Å²) >= 11 is 1.30. The van der Waals surface area contributed by atoms with E-state index in [1.807, 2.05) is 6.92 Å². The first-order chi connectivity index (χ1) is 13.3. The molecule has 0 aliphatic carbocycles. The molecule has 1 amide bonds. The first-order valence-corrected chi connectivity index (χ1v) is 8.88. The van der Waals surface area contributed by atoms with Gasteiger partial charge in [-0.1, -0.05) is 18.2 Å². The number of aromatic nitrogens is 4. The van der Waals surface area contributed by atoms with Crippen molar-refractivity contribution in [1.82, 2.24) is 19.4 Å². The van der Waals surface area contributed by atoms with Gasteiger partial charge < -0.3 is 4.40 Å². The van der Waals surface area contributed by atoms with Crippen LogP contribution in [0.25, 0.3) is 16.9 Å². The van der Waals surface area contributed by atoms with Crippen LogP contribution in [0.4, 0.5) is 18.3 Å². The summed E-state index contributed by atoms with van der Waals surface area (Å²) < 4.78 is 41.4. The van der Waals surface area contributed by atoms with Gasteiger partial charge in [-0.3, -0.25) is 10.1 Å². The Hall–Kier alpha value is -3.27. The molecule has 1 aromatic carbocycles. The summed E-state index contributed by atoms with van der Waals surface area (Å²) in [5, 5.41) is 3.03. The number of imidazole rings is 1. The highest BCUT2D eigenvalue weighted by Gasteiger charge is 2.34. The minimum Gasteiger partial charge on any atom is -0.303 e. The molecule has 142 valence electrons. The zero-order chi connectivity index (χ0) is 19.9. The number of carbonyl (C=O) groups is 1. The van der Waals surface area contributed by atoms with Crippen LogP contribution >= 0.6 is 11.3 Å². The van der Waals surface area contributed by atoms with Crippen LogP contribution in [-0.4, -0.2) is 25.3 Å². The van der Waals surface area contributed by atoms with E-state index in [1.54, 1.807) is 6.20 Å². The average molecular weight is 403 g/mol. The molecule has 3 heterocycles. The van der Waals surface area contributed by atoms with Crippen LogP contribution in [0.5, 0.6) is 0 Å². The van der Waals surface area contributed by atoms with Crippen molar-refractivity contribution in [3.05, 3.63) is 65.2 Å². The van der Waals surface area contributed by atoms with Crippen LogP contribution in [0.3, 0.4) is 0 Å². The standard InChI is InChI=1S/C18H12F3N5OS/c1-10-8-23-17(28-10)25-16(27)14-15-24-13(9-26(15)7-6-22-14)11-4-2-3-5-12(11)18(19,20)21/h2-9H,1H3,(H,23,25,27). The highest BCUT2D eigenvalue weighted by molar-refractivity contribution is 7.15. The van der Waals surface area contributed by atoms with Crippen LogP contribution in [0.2, 0.25) is 0 Å². The number of anilines is 1. The topological polar surface area (TPSA) is 72.2 Å². The molecule has 0 radical (unpaired) electrons. The normalized spacial score (nSPS) is 11.7. The van der Waals surface area contributed by atoms with Gasteiger partial charge in [0.15, 0.2) is 16.5 Å². The van der Waals surface area contributed by atoms with E-state index in [0.29, 0.717) is 5.13 Å². The molecule has 0 atom stereocenters. The van der Waals surface area contributed by atoms with E-state index in [0.717, 1.165) is 10.9 Å². The van der Waals surface area contributed by atoms with E-state index >= 15 is 0 Å². The van der Waals surface area contributed by atoms with Crippen LogP contribution in [-0.2, 0) is 6.18 Å². The number of nitrogens with one attached hydrogen (secondary N) is 1. The largest absolute Gasteiger partial charge is 0.417 e. The summed E-state index contributed by atoms with van der Waals surface area (Å²) in [4.78, 5) is 25.8. The van der Waals surface area contributed by atoms with Crippen molar-refractivity contribution in [2.75, 3.05) is 5.32 Å². The number of amides is 1. The van der Waals surface area contributed by atoms with Gasteiger partial charge in [0.05, 0.1) is 11.3 Å². The summed E-state index contributed by atoms with van der Waals surface area (Å²) in [6.45, 7) is 1.85. The summed E-state index contributed by atoms with van der Waals surface area (Å²) in [5.41, 5.74) is -0.623. The second kappa shape index (κ2) is 6.71. The maximum absolute atomic E-state index is 13.3. The highest BCUT2D eigenvalue weighted by Crippen LogP contribution is 2.36. The van der Waals surface area contributed by atoms with Crippen LogP contribution in [0, 0.1) is 6.92 Å². The van der Waals surface area contributed by atoms with Gasteiger partial charge in [-0.2, -0.15) is 13.2 Å². The zero-order valence-electron chi connectivity index (χ0n) is 14.4. The maximum Gasteiger partial charge on any atom is 0.417 e. The van der Waals surface area contributed by atoms with Crippen LogP contribution < -0.4 is 5.32 Å². The van der Waals surface area contributed by atoms with Crippen LogP contribution in [0.15, 0.2) is 49.1 Å². The molecule has 1 N–H and O–H groups in total. The Morgan fingerprint density at radius 2 is 2.00 bits per heavy atom. The van der Waals surface area contributed by atoms with E-state index in [-0.39, 0.29) is 22.6 Å². The minimum absolute atomic E-state index is 0.00825. The number of fused-ring (bicyclic) bond motifs is 1. The molecular formula is C18H12F3N5OS. The lowest BCUT2D eigenvalue weighted by Gasteiger charge is -2.10. The molecule has 3 aromatic heterocycles. The molecule has 10 heteroatoms. The molecule has 4 rings (SSSR count). The summed E-state index contributed by atoms with van der Waals surface area (Å²) in [7, 11) is 0. The lowest BCUT2D eigenvalue weighted by molar-refractivity contribution is -0.137. The van der Waals surface area contributed by atoms with Crippen molar-refractivity contribution in [1.29, 1.82) is 0 Å². The van der Waals surface area contributed by atoms with Gasteiger partial charge in [0.1, 0.15) is 0 Å². The molecule has 28 heavy (non-hydrogen) atoms. The Labute approximate surface area is 160 Å². The molecule has 6 nitrogen and oxygen atoms in total. The average Bonchev–Trinajstić information content (AvgIpc) is 3.26. The lowest BCUT2D eigenvalue weighted by atomic mass is 10.1. The molecule has 0 saturated heterocycles. The summed E-state index contributed by atoms with van der Waals surface area (Å²) in [5.74, 6) is -0.541. The van der Waals surface area contributed by atoms with Crippen molar-refractivity contribution in [3.8, 4) is 11.3 Å². The van der Waals surface area contributed by atoms with Crippen molar-refractivity contribution in [2.24, 2.45) is 0 Å². The maximum atomic E-state index is 13.3. The van der Waals surface area contributed by atoms with E-state index < -0.39 is 17.6 Å². The van der Waals surface area contributed by atoms with E-state index in [4.69, 9.17) is 0 Å². The number of carbonyl (C=O) groups excluding carboxylic acids is 1. The Bertz CT molecular complexity index is 1180. The molecule has 0 saturated carbocycles. The number of hydrogen-bond donors (Lipinski definition) is 1. The fourth-order valence-electron chi connectivity index (χ4n) is 2.73. The van der Waals surface area contributed by atoms with E-state index in [9.17, 15) is 18.0 Å². The Morgan fingerprint density at radius 1 is 1.21 bits per heavy atom. The van der Waals surface area contributed by atoms with Gasteiger partial charge in [0.25, 0.3) is 5.91 Å². The summed E-state index contributed by atoms with van der Waals surface area (Å²) in [6.07, 6.45) is 1.44. The number of alkyl halides is 3. The fraction of sp³-hybridized carbons (Fsp3) is 0.111.